The first kappa shape index (κ1) is 27.8. The summed E-state index contributed by atoms with van der Waals surface area (Å²) in [5.41, 5.74) is 2.83. The van der Waals surface area contributed by atoms with Crippen molar-refractivity contribution in [3.63, 3.8) is 0 Å². The summed E-state index contributed by atoms with van der Waals surface area (Å²) in [7, 11) is 0. The normalized spacial score (nSPS) is 11.8. The summed E-state index contributed by atoms with van der Waals surface area (Å²) in [5, 5.41) is 18.9. The summed E-state index contributed by atoms with van der Waals surface area (Å²) in [6, 6.07) is 15.5. The van der Waals surface area contributed by atoms with Gasteiger partial charge in [-0.2, -0.15) is 0 Å². The van der Waals surface area contributed by atoms with Gasteiger partial charge in [0.05, 0.1) is 0 Å². The van der Waals surface area contributed by atoms with E-state index in [1.54, 1.807) is 3.58 Å². The molecule has 0 spiro atoms. The predicted molar refractivity (Wildman–Crippen MR) is 141 cm³/mol. The maximum absolute atomic E-state index is 9.53. The van der Waals surface area contributed by atoms with Gasteiger partial charge in [-0.3, -0.25) is 0 Å². The third-order valence-corrected chi connectivity index (χ3v) is 12.8. The molecule has 0 aromatic heterocycles. The van der Waals surface area contributed by atoms with Crippen molar-refractivity contribution in [3.8, 4) is 0 Å². The molecular formula is C28H42O2SSn. The number of aliphatic hydroxyl groups is 2. The average molecular weight is 561 g/mol. The zero-order chi connectivity index (χ0) is 23.2. The predicted octanol–water partition coefficient (Wildman–Crippen LogP) is 7.02. The fraction of sp³-hybridized carbons (Fsp3) is 0.571. The van der Waals surface area contributed by atoms with Crippen LogP contribution in [0.4, 0.5) is 0 Å². The minimum atomic E-state index is -0.665. The zero-order valence-corrected chi connectivity index (χ0v) is 24.0. The summed E-state index contributed by atoms with van der Waals surface area (Å²) in [6.45, 7) is 6.96. The molecule has 2 aromatic rings. The van der Waals surface area contributed by atoms with E-state index in [9.17, 15) is 10.2 Å². The van der Waals surface area contributed by atoms with E-state index in [2.05, 4.69) is 51.1 Å². The monoisotopic (exact) mass is 562 g/mol. The molecule has 0 aliphatic heterocycles. The molecule has 2 N–H and O–H groups in total. The molecule has 0 atom stereocenters. The molecule has 0 heterocycles. The van der Waals surface area contributed by atoms with Gasteiger partial charge in [0.1, 0.15) is 0 Å². The second kappa shape index (κ2) is 15.4. The van der Waals surface area contributed by atoms with Gasteiger partial charge in [0.2, 0.25) is 0 Å². The van der Waals surface area contributed by atoms with Crippen LogP contribution in [-0.2, 0) is 19.0 Å². The Morgan fingerprint density at radius 2 is 1.31 bits per heavy atom. The molecule has 0 amide bonds. The Kier molecular flexibility index (Phi) is 13.4. The summed E-state index contributed by atoms with van der Waals surface area (Å²) >= 11 is 1.18. The molecule has 0 saturated heterocycles. The van der Waals surface area contributed by atoms with E-state index in [-0.39, 0.29) is 13.2 Å². The van der Waals surface area contributed by atoms with Crippen molar-refractivity contribution < 1.29 is 10.2 Å². The van der Waals surface area contributed by atoms with E-state index in [1.807, 2.05) is 23.9 Å². The van der Waals surface area contributed by atoms with Crippen molar-refractivity contribution in [2.45, 2.75) is 106 Å². The van der Waals surface area contributed by atoms with E-state index >= 15 is 0 Å². The number of benzene rings is 2. The molecule has 0 bridgehead atoms. The van der Waals surface area contributed by atoms with Crippen molar-refractivity contribution in [1.29, 1.82) is 0 Å². The molecule has 0 fully saturated rings. The van der Waals surface area contributed by atoms with Gasteiger partial charge in [-0.05, 0) is 0 Å². The number of hydrogen-bond acceptors (Lipinski definition) is 3. The summed E-state index contributed by atoms with van der Waals surface area (Å²) < 4.78 is 2.28. The number of hydrogen-bond donors (Lipinski definition) is 2. The van der Waals surface area contributed by atoms with Crippen LogP contribution in [0.1, 0.15) is 95.2 Å². The second-order valence-electron chi connectivity index (χ2n) is 8.95. The van der Waals surface area contributed by atoms with E-state index in [4.69, 9.17) is 0 Å². The standard InChI is InChI=1S/C15H15O2S.C13H27.Sn/c16-9-13-7-6-12(8-14(13)10-17)11-18-15-4-2-1-3-5-15;1-4-7-10-13(11-8-5-2)12-9-6-3;/h2-8,16-17H,9-11H2;4-12H2,1-3H3;. The Morgan fingerprint density at radius 3 is 1.81 bits per heavy atom. The van der Waals surface area contributed by atoms with Crippen LogP contribution < -0.4 is 3.58 Å². The molecule has 4 heteroatoms. The van der Waals surface area contributed by atoms with Crippen LogP contribution in [0.15, 0.2) is 47.4 Å². The van der Waals surface area contributed by atoms with Crippen molar-refractivity contribution in [3.05, 3.63) is 59.2 Å². The summed E-state index contributed by atoms with van der Waals surface area (Å²) in [4.78, 5) is 1.31. The van der Waals surface area contributed by atoms with Gasteiger partial charge in [0.25, 0.3) is 0 Å². The van der Waals surface area contributed by atoms with Crippen LogP contribution in [0.2, 0.25) is 3.43 Å². The van der Waals surface area contributed by atoms with E-state index in [0.717, 1.165) is 16.9 Å². The quantitative estimate of drug-likeness (QED) is 0.171. The van der Waals surface area contributed by atoms with Crippen molar-refractivity contribution in [1.82, 2.24) is 0 Å². The first-order valence-corrected chi connectivity index (χ1v) is 16.3. The van der Waals surface area contributed by atoms with Crippen LogP contribution in [-0.4, -0.2) is 31.4 Å². The summed E-state index contributed by atoms with van der Waals surface area (Å²) in [5.74, 6) is 0.880. The molecule has 2 radical (unpaired) electrons. The SMILES string of the molecule is CCCC[C](CCCC)(CCCC)[Sn][c]1ccc(SCc2ccc(CO)c(CO)c2)cc1. The van der Waals surface area contributed by atoms with E-state index < -0.39 is 21.1 Å². The molecule has 0 unspecified atom stereocenters. The Labute approximate surface area is 210 Å². The van der Waals surface area contributed by atoms with Crippen LogP contribution in [0.25, 0.3) is 0 Å². The van der Waals surface area contributed by atoms with Crippen LogP contribution in [0.5, 0.6) is 0 Å². The Hall–Kier alpha value is -0.491. The van der Waals surface area contributed by atoms with Crippen LogP contribution in [0.3, 0.4) is 0 Å². The third-order valence-electron chi connectivity index (χ3n) is 6.31. The third kappa shape index (κ3) is 9.04. The van der Waals surface area contributed by atoms with Crippen molar-refractivity contribution >= 4 is 36.5 Å². The van der Waals surface area contributed by atoms with Crippen LogP contribution >= 0.6 is 11.8 Å². The number of aliphatic hydroxyl groups excluding tert-OH is 2. The Balaban J connectivity index is 2.05. The number of thioether (sulfide) groups is 1. The zero-order valence-electron chi connectivity index (χ0n) is 20.3. The van der Waals surface area contributed by atoms with Gasteiger partial charge < -0.3 is 0 Å². The molecule has 2 aromatic carbocycles. The number of unbranched alkanes of at least 4 members (excludes halogenated alkanes) is 3. The van der Waals surface area contributed by atoms with E-state index in [0.29, 0.717) is 3.43 Å². The molecule has 176 valence electrons. The molecule has 0 aliphatic carbocycles. The number of rotatable bonds is 16. The van der Waals surface area contributed by atoms with Gasteiger partial charge >= 0.3 is 212 Å². The topological polar surface area (TPSA) is 40.5 Å². The Morgan fingerprint density at radius 1 is 0.750 bits per heavy atom. The molecule has 0 saturated carbocycles. The maximum atomic E-state index is 9.53. The average Bonchev–Trinajstić information content (AvgIpc) is 2.84. The van der Waals surface area contributed by atoms with Gasteiger partial charge in [-0.25, -0.2) is 0 Å². The fourth-order valence-electron chi connectivity index (χ4n) is 4.29. The summed E-state index contributed by atoms with van der Waals surface area (Å²) in [6.07, 6.45) is 12.4. The molecule has 0 aliphatic rings. The van der Waals surface area contributed by atoms with Gasteiger partial charge in [-0.15, -0.1) is 0 Å². The Bertz CT molecular complexity index is 754. The molecule has 32 heavy (non-hydrogen) atoms. The molecule has 2 nitrogen and oxygen atoms in total. The van der Waals surface area contributed by atoms with Gasteiger partial charge in [-0.1, -0.05) is 0 Å². The minimum absolute atomic E-state index is 0.0220. The van der Waals surface area contributed by atoms with Crippen molar-refractivity contribution in [2.24, 2.45) is 0 Å². The molecule has 2 rings (SSSR count). The first-order chi connectivity index (χ1) is 15.6. The van der Waals surface area contributed by atoms with E-state index in [1.165, 1.54) is 68.2 Å². The van der Waals surface area contributed by atoms with Crippen molar-refractivity contribution in [2.75, 3.05) is 0 Å². The molecular weight excluding hydrogens is 519 g/mol. The fourth-order valence-corrected chi connectivity index (χ4v) is 10.4. The second-order valence-corrected chi connectivity index (χ2v) is 15.4. The van der Waals surface area contributed by atoms with Gasteiger partial charge in [0, 0.05) is 0 Å². The van der Waals surface area contributed by atoms with Gasteiger partial charge in [0.15, 0.2) is 0 Å². The first-order valence-electron chi connectivity index (χ1n) is 12.4. The van der Waals surface area contributed by atoms with Crippen LogP contribution in [0, 0.1) is 0 Å².